The molecule has 3 N–H and O–H groups in total. The summed E-state index contributed by atoms with van der Waals surface area (Å²) < 4.78 is 5.16. The van der Waals surface area contributed by atoms with Gasteiger partial charge in [-0.3, -0.25) is 5.10 Å². The van der Waals surface area contributed by atoms with E-state index in [0.717, 1.165) is 5.69 Å². The van der Waals surface area contributed by atoms with E-state index in [1.807, 2.05) is 0 Å². The van der Waals surface area contributed by atoms with E-state index in [4.69, 9.17) is 9.52 Å². The highest BCUT2D eigenvalue weighted by Crippen LogP contribution is 2.35. The van der Waals surface area contributed by atoms with Crippen molar-refractivity contribution in [2.45, 2.75) is 6.54 Å². The van der Waals surface area contributed by atoms with Crippen molar-refractivity contribution in [3.63, 3.8) is 0 Å². The summed E-state index contributed by atoms with van der Waals surface area (Å²) in [4.78, 5) is 14.8. The molecule has 0 bridgehead atoms. The molecule has 7 nitrogen and oxygen atoms in total. The smallest absolute Gasteiger partial charge is 0.358 e. The van der Waals surface area contributed by atoms with Gasteiger partial charge in [-0.2, -0.15) is 5.10 Å². The quantitative estimate of drug-likeness (QED) is 0.634. The summed E-state index contributed by atoms with van der Waals surface area (Å²) in [5.41, 5.74) is 1.69. The number of hydrogen-bond acceptors (Lipinski definition) is 5. The van der Waals surface area contributed by atoms with Gasteiger partial charge in [0.15, 0.2) is 17.8 Å². The lowest BCUT2D eigenvalue weighted by Gasteiger charge is -2.11. The van der Waals surface area contributed by atoms with Gasteiger partial charge < -0.3 is 14.8 Å². The lowest BCUT2D eigenvalue weighted by molar-refractivity contribution is 0.0691. The Kier molecular flexibility index (Phi) is 1.39. The fraction of sp³-hybridized carbons (Fsp3) is 0.125. The number of rotatable bonds is 1. The van der Waals surface area contributed by atoms with Crippen LogP contribution in [0.4, 0.5) is 5.69 Å². The first-order valence-corrected chi connectivity index (χ1v) is 4.25. The number of hydrogen-bond donors (Lipinski definition) is 3. The predicted molar refractivity (Wildman–Crippen MR) is 48.4 cm³/mol. The van der Waals surface area contributed by atoms with Crippen LogP contribution in [-0.2, 0) is 6.54 Å². The van der Waals surface area contributed by atoms with Crippen LogP contribution < -0.4 is 5.32 Å². The molecule has 0 unspecified atom stereocenters. The summed E-state index contributed by atoms with van der Waals surface area (Å²) in [6, 6.07) is 0. The molecular formula is C8H6N4O3. The molecule has 2 aromatic rings. The fourth-order valence-corrected chi connectivity index (χ4v) is 1.60. The second kappa shape index (κ2) is 2.59. The Morgan fingerprint density at radius 2 is 2.47 bits per heavy atom. The van der Waals surface area contributed by atoms with Crippen LogP contribution in [0.2, 0.25) is 0 Å². The van der Waals surface area contributed by atoms with Crippen LogP contribution in [0.15, 0.2) is 10.8 Å². The lowest BCUT2D eigenvalue weighted by Crippen LogP contribution is -2.10. The van der Waals surface area contributed by atoms with Gasteiger partial charge in [-0.05, 0) is 0 Å². The molecule has 0 aromatic carbocycles. The summed E-state index contributed by atoms with van der Waals surface area (Å²) in [5, 5.41) is 18.1. The Hall–Kier alpha value is -2.31. The Morgan fingerprint density at radius 1 is 1.60 bits per heavy atom. The molecule has 0 amide bonds. The van der Waals surface area contributed by atoms with Crippen LogP contribution in [0.5, 0.6) is 0 Å². The summed E-state index contributed by atoms with van der Waals surface area (Å²) in [6.07, 6.45) is 1.32. The summed E-state index contributed by atoms with van der Waals surface area (Å²) >= 11 is 0. The van der Waals surface area contributed by atoms with Crippen LogP contribution in [0, 0.1) is 0 Å². The zero-order chi connectivity index (χ0) is 10.4. The van der Waals surface area contributed by atoms with Crippen LogP contribution >= 0.6 is 0 Å². The normalized spacial score (nSPS) is 12.8. The van der Waals surface area contributed by atoms with Crippen molar-refractivity contribution in [3.05, 3.63) is 17.8 Å². The second-order valence-corrected chi connectivity index (χ2v) is 3.11. The monoisotopic (exact) mass is 206 g/mol. The Bertz CT molecular complexity index is 542. The van der Waals surface area contributed by atoms with E-state index in [0.29, 0.717) is 23.7 Å². The molecule has 0 saturated carbocycles. The van der Waals surface area contributed by atoms with Crippen LogP contribution in [0.3, 0.4) is 0 Å². The Balaban J connectivity index is 2.23. The minimum absolute atomic E-state index is 0.0351. The predicted octanol–water partition coefficient (Wildman–Crippen LogP) is 0.688. The molecule has 0 atom stereocenters. The number of carboxylic acid groups (broad SMARTS) is 1. The summed E-state index contributed by atoms with van der Waals surface area (Å²) in [6.45, 7) is 0.443. The molecule has 0 fully saturated rings. The molecule has 0 radical (unpaired) electrons. The van der Waals surface area contributed by atoms with Gasteiger partial charge in [-0.25, -0.2) is 9.78 Å². The van der Waals surface area contributed by atoms with E-state index < -0.39 is 5.97 Å². The number of aromatic carboxylic acids is 1. The van der Waals surface area contributed by atoms with Crippen molar-refractivity contribution >= 4 is 11.7 Å². The number of nitrogens with zero attached hydrogens (tertiary/aromatic N) is 2. The van der Waals surface area contributed by atoms with E-state index >= 15 is 0 Å². The molecule has 0 aliphatic carbocycles. The number of aromatic amines is 1. The van der Waals surface area contributed by atoms with Gasteiger partial charge in [0.2, 0.25) is 0 Å². The number of oxazole rings is 1. The molecule has 3 rings (SSSR count). The highest BCUT2D eigenvalue weighted by molar-refractivity contribution is 5.96. The average Bonchev–Trinajstić information content (AvgIpc) is 2.82. The maximum Gasteiger partial charge on any atom is 0.358 e. The average molecular weight is 206 g/mol. The minimum atomic E-state index is -1.08. The number of fused-ring (bicyclic) bond motifs is 3. The second-order valence-electron chi connectivity index (χ2n) is 3.11. The van der Waals surface area contributed by atoms with Gasteiger partial charge in [0.25, 0.3) is 0 Å². The zero-order valence-electron chi connectivity index (χ0n) is 7.44. The molecular weight excluding hydrogens is 200 g/mol. The first-order valence-electron chi connectivity index (χ1n) is 4.25. The molecule has 3 heterocycles. The highest BCUT2D eigenvalue weighted by Gasteiger charge is 2.27. The van der Waals surface area contributed by atoms with Crippen LogP contribution in [0.1, 0.15) is 16.2 Å². The van der Waals surface area contributed by atoms with Crippen LogP contribution in [0.25, 0.3) is 11.5 Å². The van der Waals surface area contributed by atoms with Gasteiger partial charge >= 0.3 is 5.97 Å². The summed E-state index contributed by atoms with van der Waals surface area (Å²) in [7, 11) is 0. The van der Waals surface area contributed by atoms with Gasteiger partial charge in [0.05, 0.1) is 12.2 Å². The van der Waals surface area contributed by atoms with E-state index in [1.54, 1.807) is 0 Å². The third-order valence-electron chi connectivity index (χ3n) is 2.27. The number of nitrogens with one attached hydrogen (secondary N) is 2. The van der Waals surface area contributed by atoms with Crippen molar-refractivity contribution in [2.75, 3.05) is 5.32 Å². The van der Waals surface area contributed by atoms with Gasteiger partial charge in [-0.15, -0.1) is 0 Å². The number of carboxylic acids is 1. The molecule has 1 aliphatic heterocycles. The van der Waals surface area contributed by atoms with Crippen molar-refractivity contribution < 1.29 is 14.3 Å². The van der Waals surface area contributed by atoms with Crippen LogP contribution in [-0.4, -0.2) is 26.3 Å². The fourth-order valence-electron chi connectivity index (χ4n) is 1.60. The van der Waals surface area contributed by atoms with Crippen molar-refractivity contribution in [3.8, 4) is 11.5 Å². The third kappa shape index (κ3) is 0.967. The van der Waals surface area contributed by atoms with Gasteiger partial charge in [-0.1, -0.05) is 0 Å². The Morgan fingerprint density at radius 3 is 3.27 bits per heavy atom. The number of anilines is 1. The minimum Gasteiger partial charge on any atom is -0.476 e. The molecule has 1 aliphatic rings. The van der Waals surface area contributed by atoms with E-state index in [2.05, 4.69) is 20.5 Å². The largest absolute Gasteiger partial charge is 0.476 e. The van der Waals surface area contributed by atoms with Crippen molar-refractivity contribution in [1.82, 2.24) is 15.2 Å². The summed E-state index contributed by atoms with van der Waals surface area (Å²) in [5.74, 6) is -0.535. The van der Waals surface area contributed by atoms with E-state index in [1.165, 1.54) is 6.39 Å². The first kappa shape index (κ1) is 8.04. The van der Waals surface area contributed by atoms with Gasteiger partial charge in [0, 0.05) is 0 Å². The zero-order valence-corrected chi connectivity index (χ0v) is 7.44. The third-order valence-corrected chi connectivity index (χ3v) is 2.27. The first-order chi connectivity index (χ1) is 7.27. The van der Waals surface area contributed by atoms with E-state index in [-0.39, 0.29) is 5.69 Å². The standard InChI is InChI=1S/C8H6N4O3/c13-8(14)6-4-5(11-12-6)7-3(1-9-4)10-2-15-7/h2,9H,1H2,(H,11,12)(H,13,14). The maximum atomic E-state index is 10.8. The SMILES string of the molecule is O=C(O)c1n[nH]c2c1NCc1ncoc1-2. The number of carbonyl (C=O) groups is 1. The van der Waals surface area contributed by atoms with Crippen molar-refractivity contribution in [1.29, 1.82) is 0 Å². The molecule has 76 valence electrons. The molecule has 15 heavy (non-hydrogen) atoms. The lowest BCUT2D eigenvalue weighted by atomic mass is 10.1. The molecule has 0 saturated heterocycles. The molecule has 7 heteroatoms. The Labute approximate surface area is 83.1 Å². The number of aromatic nitrogens is 3. The topological polar surface area (TPSA) is 104 Å². The number of H-pyrrole nitrogens is 1. The van der Waals surface area contributed by atoms with E-state index in [9.17, 15) is 4.79 Å². The van der Waals surface area contributed by atoms with Crippen molar-refractivity contribution in [2.24, 2.45) is 0 Å². The highest BCUT2D eigenvalue weighted by atomic mass is 16.4. The molecule has 2 aromatic heterocycles. The van der Waals surface area contributed by atoms with Gasteiger partial charge in [0.1, 0.15) is 11.4 Å². The maximum absolute atomic E-state index is 10.8. The molecule has 0 spiro atoms.